The third kappa shape index (κ3) is 7.12. The van der Waals surface area contributed by atoms with Gasteiger partial charge in [-0.15, -0.1) is 0 Å². The molecule has 2 amide bonds. The van der Waals surface area contributed by atoms with E-state index in [4.69, 9.17) is 4.74 Å². The second-order valence-corrected chi connectivity index (χ2v) is 11.6. The number of pyridine rings is 1. The minimum atomic E-state index is -0.370. The van der Waals surface area contributed by atoms with Crippen molar-refractivity contribution in [2.24, 2.45) is 10.9 Å². The first-order valence-electron chi connectivity index (χ1n) is 15.0. The number of benzene rings is 1. The molecule has 0 unspecified atom stereocenters. The van der Waals surface area contributed by atoms with Crippen molar-refractivity contribution >= 4 is 23.3 Å². The molecule has 216 valence electrons. The molecule has 0 radical (unpaired) electrons. The molecule has 1 saturated heterocycles. The van der Waals surface area contributed by atoms with Crippen LogP contribution in [0.1, 0.15) is 80.3 Å². The van der Waals surface area contributed by atoms with Crippen molar-refractivity contribution in [1.29, 1.82) is 5.26 Å². The maximum absolute atomic E-state index is 13.2. The van der Waals surface area contributed by atoms with Crippen molar-refractivity contribution in [3.63, 3.8) is 0 Å². The number of nitrogens with one attached hydrogen (secondary N) is 1. The Kier molecular flexibility index (Phi) is 9.30. The van der Waals surface area contributed by atoms with Crippen molar-refractivity contribution in [3.05, 3.63) is 53.2 Å². The number of rotatable bonds is 8. The average Bonchev–Trinajstić information content (AvgIpc) is 3.34. The molecule has 1 aromatic heterocycles. The Morgan fingerprint density at radius 3 is 2.66 bits per heavy atom. The number of nitriles is 1. The number of nitrogens with zero attached hydrogens (tertiary/aromatic N) is 5. The number of piperidine rings is 1. The summed E-state index contributed by atoms with van der Waals surface area (Å²) in [7, 11) is 0. The molecule has 2 fully saturated rings. The summed E-state index contributed by atoms with van der Waals surface area (Å²) in [6.45, 7) is 7.67. The third-order valence-electron chi connectivity index (χ3n) is 8.26. The van der Waals surface area contributed by atoms with Gasteiger partial charge >= 0.3 is 0 Å². The van der Waals surface area contributed by atoms with Gasteiger partial charge in [-0.2, -0.15) is 10.3 Å². The highest BCUT2D eigenvalue weighted by atomic mass is 16.5. The number of amidine groups is 1. The number of hydrogen-bond donors (Lipinski definition) is 1. The van der Waals surface area contributed by atoms with Gasteiger partial charge in [0.25, 0.3) is 5.91 Å². The summed E-state index contributed by atoms with van der Waals surface area (Å²) in [5.41, 5.74) is 2.79. The second kappa shape index (κ2) is 13.3. The molecular formula is C32H40N6O3. The minimum Gasteiger partial charge on any atom is -0.476 e. The van der Waals surface area contributed by atoms with E-state index in [-0.39, 0.29) is 29.8 Å². The number of aliphatic imine (C=N–C) groups is 1. The van der Waals surface area contributed by atoms with Gasteiger partial charge in [-0.25, -0.2) is 4.98 Å². The highest BCUT2D eigenvalue weighted by Gasteiger charge is 2.36. The van der Waals surface area contributed by atoms with E-state index in [0.717, 1.165) is 56.6 Å². The Balaban J connectivity index is 1.35. The lowest BCUT2D eigenvalue weighted by molar-refractivity contribution is -0.126. The smallest absolute Gasteiger partial charge is 0.278 e. The SMILES string of the molecule is CC(C)NC(=O)C1CCC(N2C(=NC(=O)c3cccc(C#N)c3)Cc3cnc(OCCN4CCCCC4)cc32)CC1. The van der Waals surface area contributed by atoms with Gasteiger partial charge in [0.1, 0.15) is 12.4 Å². The number of fused-ring (bicyclic) bond motifs is 1. The zero-order chi connectivity index (χ0) is 28.8. The fourth-order valence-corrected chi connectivity index (χ4v) is 6.15. The highest BCUT2D eigenvalue weighted by Crippen LogP contribution is 2.38. The average molecular weight is 557 g/mol. The van der Waals surface area contributed by atoms with Gasteiger partial charge in [0.2, 0.25) is 11.8 Å². The Bertz CT molecular complexity index is 1320. The molecule has 3 heterocycles. The molecule has 1 aromatic carbocycles. The van der Waals surface area contributed by atoms with Gasteiger partial charge in [-0.3, -0.25) is 14.5 Å². The van der Waals surface area contributed by atoms with E-state index in [1.807, 2.05) is 26.1 Å². The van der Waals surface area contributed by atoms with Crippen LogP contribution in [0.4, 0.5) is 5.69 Å². The number of hydrogen-bond acceptors (Lipinski definition) is 6. The molecular weight excluding hydrogens is 516 g/mol. The molecule has 1 N–H and O–H groups in total. The first kappa shape index (κ1) is 28.7. The fourth-order valence-electron chi connectivity index (χ4n) is 6.15. The van der Waals surface area contributed by atoms with Crippen LogP contribution >= 0.6 is 0 Å². The first-order chi connectivity index (χ1) is 19.9. The van der Waals surface area contributed by atoms with Crippen LogP contribution in [0.3, 0.4) is 0 Å². The predicted octanol–water partition coefficient (Wildman–Crippen LogP) is 4.50. The van der Waals surface area contributed by atoms with E-state index in [1.165, 1.54) is 19.3 Å². The van der Waals surface area contributed by atoms with Gasteiger partial charge in [-0.05, 0) is 83.7 Å². The number of aromatic nitrogens is 1. The van der Waals surface area contributed by atoms with Gasteiger partial charge in [-0.1, -0.05) is 12.5 Å². The van der Waals surface area contributed by atoms with Gasteiger partial charge in [0.15, 0.2) is 0 Å². The van der Waals surface area contributed by atoms with Crippen LogP contribution in [0, 0.1) is 17.2 Å². The molecule has 5 rings (SSSR count). The monoisotopic (exact) mass is 556 g/mol. The lowest BCUT2D eigenvalue weighted by Crippen LogP contribution is -2.44. The van der Waals surface area contributed by atoms with E-state index >= 15 is 0 Å². The van der Waals surface area contributed by atoms with Crippen molar-refractivity contribution < 1.29 is 14.3 Å². The fraction of sp³-hybridized carbons (Fsp3) is 0.531. The van der Waals surface area contributed by atoms with Gasteiger partial charge in [0.05, 0.1) is 17.3 Å². The van der Waals surface area contributed by atoms with E-state index in [1.54, 1.807) is 24.3 Å². The van der Waals surface area contributed by atoms with Crippen molar-refractivity contribution in [3.8, 4) is 11.9 Å². The standard InChI is InChI=1S/C32H40N6O3/c1-22(2)35-31(39)24-9-11-27(12-10-24)38-28-19-30(41-16-15-37-13-4-3-5-14-37)34-21-26(28)18-29(38)36-32(40)25-8-6-7-23(17-25)20-33/h6-8,17,19,21-22,24,27H,3-5,9-16,18H2,1-2H3,(H,35,39). The van der Waals surface area contributed by atoms with Crippen LogP contribution in [0.15, 0.2) is 41.5 Å². The second-order valence-electron chi connectivity index (χ2n) is 11.6. The number of ether oxygens (including phenoxy) is 1. The third-order valence-corrected chi connectivity index (χ3v) is 8.26. The normalized spacial score (nSPS) is 21.9. The van der Waals surface area contributed by atoms with E-state index in [2.05, 4.69) is 31.2 Å². The molecule has 0 atom stereocenters. The lowest BCUT2D eigenvalue weighted by Gasteiger charge is -2.36. The van der Waals surface area contributed by atoms with Crippen molar-refractivity contribution in [1.82, 2.24) is 15.2 Å². The van der Waals surface area contributed by atoms with E-state index in [9.17, 15) is 14.9 Å². The molecule has 2 aromatic rings. The molecule has 9 nitrogen and oxygen atoms in total. The van der Waals surface area contributed by atoms with Gasteiger partial charge < -0.3 is 15.0 Å². The molecule has 41 heavy (non-hydrogen) atoms. The summed E-state index contributed by atoms with van der Waals surface area (Å²) in [6, 6.07) is 10.9. The lowest BCUT2D eigenvalue weighted by atomic mass is 9.84. The summed E-state index contributed by atoms with van der Waals surface area (Å²) in [5, 5.41) is 12.3. The highest BCUT2D eigenvalue weighted by molar-refractivity contribution is 6.12. The quantitative estimate of drug-likeness (QED) is 0.510. The van der Waals surface area contributed by atoms with E-state index in [0.29, 0.717) is 35.9 Å². The number of carbonyl (C=O) groups is 2. The summed E-state index contributed by atoms with van der Waals surface area (Å²) < 4.78 is 6.10. The zero-order valence-electron chi connectivity index (χ0n) is 24.1. The topological polar surface area (TPSA) is 111 Å². The zero-order valence-corrected chi connectivity index (χ0v) is 24.1. The molecule has 1 aliphatic carbocycles. The molecule has 2 aliphatic heterocycles. The van der Waals surface area contributed by atoms with Crippen molar-refractivity contribution in [2.75, 3.05) is 31.1 Å². The largest absolute Gasteiger partial charge is 0.476 e. The summed E-state index contributed by atoms with van der Waals surface area (Å²) in [4.78, 5) is 39.7. The van der Waals surface area contributed by atoms with Crippen LogP contribution in [0.5, 0.6) is 5.88 Å². The van der Waals surface area contributed by atoms with E-state index < -0.39 is 0 Å². The summed E-state index contributed by atoms with van der Waals surface area (Å²) >= 11 is 0. The maximum Gasteiger partial charge on any atom is 0.278 e. The van der Waals surface area contributed by atoms with Crippen LogP contribution in [-0.2, 0) is 11.2 Å². The van der Waals surface area contributed by atoms with Gasteiger partial charge in [0, 0.05) is 54.4 Å². The molecule has 0 spiro atoms. The number of anilines is 1. The molecule has 1 saturated carbocycles. The van der Waals surface area contributed by atoms with Crippen LogP contribution in [0.2, 0.25) is 0 Å². The Hall–Kier alpha value is -3.77. The molecule has 9 heteroatoms. The number of carbonyl (C=O) groups excluding carboxylic acids is 2. The molecule has 0 bridgehead atoms. The predicted molar refractivity (Wildman–Crippen MR) is 158 cm³/mol. The van der Waals surface area contributed by atoms with Crippen LogP contribution in [0.25, 0.3) is 0 Å². The first-order valence-corrected chi connectivity index (χ1v) is 15.0. The summed E-state index contributed by atoms with van der Waals surface area (Å²) in [6.07, 6.45) is 9.33. The van der Waals surface area contributed by atoms with Crippen molar-refractivity contribution in [2.45, 2.75) is 77.3 Å². The number of likely N-dealkylation sites (tertiary alicyclic amines) is 1. The Labute approximate surface area is 242 Å². The number of amides is 2. The Morgan fingerprint density at radius 1 is 1.15 bits per heavy atom. The van der Waals surface area contributed by atoms with Crippen LogP contribution < -0.4 is 15.0 Å². The van der Waals surface area contributed by atoms with Crippen LogP contribution in [-0.4, -0.2) is 65.9 Å². The molecule has 3 aliphatic rings. The minimum absolute atomic E-state index is 0.00223. The summed E-state index contributed by atoms with van der Waals surface area (Å²) in [5.74, 6) is 0.999. The maximum atomic E-state index is 13.2. The Morgan fingerprint density at radius 2 is 1.93 bits per heavy atom.